The molecule has 1 amide bonds. The standard InChI is InChI=1S/C13H20N2O4S2/c1-13(2,3)19-12(16)14-6-8-15(9-7-14)21(17,18)11-5-4-10-20-11/h4-5,10H,6-9H2,1-3H3. The van der Waals surface area contributed by atoms with Crippen LogP contribution in [-0.2, 0) is 14.8 Å². The molecule has 0 bridgehead atoms. The van der Waals surface area contributed by atoms with Gasteiger partial charge in [-0.3, -0.25) is 0 Å². The molecule has 0 N–H and O–H groups in total. The van der Waals surface area contributed by atoms with Crippen molar-refractivity contribution in [2.24, 2.45) is 0 Å². The van der Waals surface area contributed by atoms with E-state index in [9.17, 15) is 13.2 Å². The van der Waals surface area contributed by atoms with Crippen LogP contribution in [0.25, 0.3) is 0 Å². The number of sulfonamides is 1. The van der Waals surface area contributed by atoms with E-state index in [0.717, 1.165) is 0 Å². The minimum Gasteiger partial charge on any atom is -0.444 e. The topological polar surface area (TPSA) is 66.9 Å². The lowest BCUT2D eigenvalue weighted by atomic mass is 10.2. The Labute approximate surface area is 129 Å². The second-order valence-corrected chi connectivity index (χ2v) is 8.92. The first-order valence-corrected chi connectivity index (χ1v) is 9.04. The Balaban J connectivity index is 1.96. The number of nitrogens with zero attached hydrogens (tertiary/aromatic N) is 2. The van der Waals surface area contributed by atoms with Gasteiger partial charge in [0.2, 0.25) is 0 Å². The van der Waals surface area contributed by atoms with Crippen molar-refractivity contribution >= 4 is 27.5 Å². The molecule has 2 heterocycles. The Morgan fingerprint density at radius 2 is 1.86 bits per heavy atom. The molecule has 1 aliphatic heterocycles. The maximum absolute atomic E-state index is 12.4. The highest BCUT2D eigenvalue weighted by atomic mass is 32.2. The van der Waals surface area contributed by atoms with Crippen molar-refractivity contribution in [3.63, 3.8) is 0 Å². The fraction of sp³-hybridized carbons (Fsp3) is 0.615. The molecule has 2 rings (SSSR count). The average molecular weight is 332 g/mol. The lowest BCUT2D eigenvalue weighted by Crippen LogP contribution is -2.51. The van der Waals surface area contributed by atoms with E-state index in [0.29, 0.717) is 30.4 Å². The molecule has 6 nitrogen and oxygen atoms in total. The van der Waals surface area contributed by atoms with Gasteiger partial charge in [-0.2, -0.15) is 4.31 Å². The quantitative estimate of drug-likeness (QED) is 0.831. The fourth-order valence-corrected chi connectivity index (χ4v) is 4.54. The van der Waals surface area contributed by atoms with Crippen molar-refractivity contribution in [3.8, 4) is 0 Å². The van der Waals surface area contributed by atoms with Crippen LogP contribution in [0.3, 0.4) is 0 Å². The lowest BCUT2D eigenvalue weighted by molar-refractivity contribution is 0.0192. The van der Waals surface area contributed by atoms with Gasteiger partial charge in [0.15, 0.2) is 0 Å². The van der Waals surface area contributed by atoms with Gasteiger partial charge in [0, 0.05) is 26.2 Å². The predicted octanol–water partition coefficient (Wildman–Crippen LogP) is 1.99. The monoisotopic (exact) mass is 332 g/mol. The molecule has 21 heavy (non-hydrogen) atoms. The summed E-state index contributed by atoms with van der Waals surface area (Å²) in [5.41, 5.74) is -0.544. The molecule has 0 aromatic carbocycles. The molecule has 118 valence electrons. The minimum atomic E-state index is -3.43. The second kappa shape index (κ2) is 5.94. The second-order valence-electron chi connectivity index (χ2n) is 5.80. The van der Waals surface area contributed by atoms with Gasteiger partial charge in [0.1, 0.15) is 9.81 Å². The van der Waals surface area contributed by atoms with Crippen molar-refractivity contribution < 1.29 is 17.9 Å². The molecule has 1 aliphatic rings. The van der Waals surface area contributed by atoms with Gasteiger partial charge in [-0.25, -0.2) is 13.2 Å². The molecular formula is C13H20N2O4S2. The summed E-state index contributed by atoms with van der Waals surface area (Å²) in [5, 5.41) is 1.74. The summed E-state index contributed by atoms with van der Waals surface area (Å²) in [6.45, 7) is 6.70. The fourth-order valence-electron chi connectivity index (χ4n) is 1.98. The molecule has 0 atom stereocenters. The maximum Gasteiger partial charge on any atom is 0.410 e. The number of ether oxygens (including phenoxy) is 1. The van der Waals surface area contributed by atoms with Gasteiger partial charge in [-0.05, 0) is 32.2 Å². The smallest absolute Gasteiger partial charge is 0.410 e. The van der Waals surface area contributed by atoms with Crippen LogP contribution in [0.5, 0.6) is 0 Å². The molecule has 0 spiro atoms. The van der Waals surface area contributed by atoms with E-state index in [1.807, 2.05) is 20.8 Å². The number of thiophene rings is 1. The number of carbonyl (C=O) groups is 1. The highest BCUT2D eigenvalue weighted by Gasteiger charge is 2.32. The van der Waals surface area contributed by atoms with Crippen LogP contribution in [0.1, 0.15) is 20.8 Å². The van der Waals surface area contributed by atoms with Crippen molar-refractivity contribution in [3.05, 3.63) is 17.5 Å². The van der Waals surface area contributed by atoms with Gasteiger partial charge >= 0.3 is 6.09 Å². The van der Waals surface area contributed by atoms with Gasteiger partial charge in [0.05, 0.1) is 0 Å². The van der Waals surface area contributed by atoms with Crippen LogP contribution < -0.4 is 0 Å². The molecule has 8 heteroatoms. The zero-order chi connectivity index (χ0) is 15.7. The normalized spacial score (nSPS) is 17.8. The molecule has 1 aromatic heterocycles. The number of amides is 1. The molecule has 1 fully saturated rings. The van der Waals surface area contributed by atoms with Gasteiger partial charge in [-0.1, -0.05) is 6.07 Å². The van der Waals surface area contributed by atoms with E-state index in [4.69, 9.17) is 4.74 Å². The minimum absolute atomic E-state index is 0.291. The summed E-state index contributed by atoms with van der Waals surface area (Å²) in [6.07, 6.45) is -0.393. The zero-order valence-electron chi connectivity index (χ0n) is 12.4. The highest BCUT2D eigenvalue weighted by molar-refractivity contribution is 7.91. The van der Waals surface area contributed by atoms with Crippen LogP contribution >= 0.6 is 11.3 Å². The number of hydrogen-bond donors (Lipinski definition) is 0. The van der Waals surface area contributed by atoms with Crippen LogP contribution in [0.2, 0.25) is 0 Å². The van der Waals surface area contributed by atoms with Gasteiger partial charge < -0.3 is 9.64 Å². The third-order valence-electron chi connectivity index (χ3n) is 2.98. The van der Waals surface area contributed by atoms with E-state index in [-0.39, 0.29) is 0 Å². The maximum atomic E-state index is 12.4. The van der Waals surface area contributed by atoms with Crippen LogP contribution in [0, 0.1) is 0 Å². The van der Waals surface area contributed by atoms with E-state index in [1.165, 1.54) is 15.6 Å². The predicted molar refractivity (Wildman–Crippen MR) is 80.9 cm³/mol. The summed E-state index contributed by atoms with van der Waals surface area (Å²) in [4.78, 5) is 13.5. The molecule has 1 aromatic rings. The van der Waals surface area contributed by atoms with Crippen LogP contribution in [0.4, 0.5) is 4.79 Å². The van der Waals surface area contributed by atoms with E-state index < -0.39 is 21.7 Å². The number of rotatable bonds is 2. The first-order valence-electron chi connectivity index (χ1n) is 6.72. The summed E-state index contributed by atoms with van der Waals surface area (Å²) in [6, 6.07) is 3.31. The summed E-state index contributed by atoms with van der Waals surface area (Å²) >= 11 is 1.20. The zero-order valence-corrected chi connectivity index (χ0v) is 14.0. The third kappa shape index (κ3) is 3.96. The van der Waals surface area contributed by atoms with E-state index in [1.54, 1.807) is 22.4 Å². The van der Waals surface area contributed by atoms with Gasteiger partial charge in [0.25, 0.3) is 10.0 Å². The SMILES string of the molecule is CC(C)(C)OC(=O)N1CCN(S(=O)(=O)c2cccs2)CC1. The Morgan fingerprint density at radius 3 is 2.33 bits per heavy atom. The average Bonchev–Trinajstić information content (AvgIpc) is 2.91. The first-order chi connectivity index (χ1) is 9.70. The van der Waals surface area contributed by atoms with Crippen molar-refractivity contribution in [1.82, 2.24) is 9.21 Å². The summed E-state index contributed by atoms with van der Waals surface area (Å²) in [7, 11) is -3.43. The molecule has 0 saturated carbocycles. The van der Waals surface area contributed by atoms with Gasteiger partial charge in [-0.15, -0.1) is 11.3 Å². The van der Waals surface area contributed by atoms with Crippen molar-refractivity contribution in [2.45, 2.75) is 30.6 Å². The van der Waals surface area contributed by atoms with Crippen molar-refractivity contribution in [1.29, 1.82) is 0 Å². The Kier molecular flexibility index (Phi) is 4.60. The summed E-state index contributed by atoms with van der Waals surface area (Å²) < 4.78 is 31.8. The molecular weight excluding hydrogens is 312 g/mol. The molecule has 1 saturated heterocycles. The number of carbonyl (C=O) groups excluding carboxylic acids is 1. The Bertz CT molecular complexity index is 582. The first kappa shape index (κ1) is 16.3. The Morgan fingerprint density at radius 1 is 1.24 bits per heavy atom. The highest BCUT2D eigenvalue weighted by Crippen LogP contribution is 2.22. The Hall–Kier alpha value is -1.12. The molecule has 0 aliphatic carbocycles. The van der Waals surface area contributed by atoms with E-state index in [2.05, 4.69) is 0 Å². The summed E-state index contributed by atoms with van der Waals surface area (Å²) in [5.74, 6) is 0. The lowest BCUT2D eigenvalue weighted by Gasteiger charge is -2.34. The number of hydrogen-bond acceptors (Lipinski definition) is 5. The number of piperazine rings is 1. The van der Waals surface area contributed by atoms with Crippen LogP contribution in [0.15, 0.2) is 21.7 Å². The molecule has 0 unspecified atom stereocenters. The molecule has 0 radical (unpaired) electrons. The van der Waals surface area contributed by atoms with Crippen molar-refractivity contribution in [2.75, 3.05) is 26.2 Å². The van der Waals surface area contributed by atoms with Crippen LogP contribution in [-0.4, -0.2) is 55.5 Å². The third-order valence-corrected chi connectivity index (χ3v) is 6.25. The largest absolute Gasteiger partial charge is 0.444 e. The van der Waals surface area contributed by atoms with E-state index >= 15 is 0 Å².